The number of methoxy groups -OCH3 is 1. The van der Waals surface area contributed by atoms with Crippen LogP contribution in [0.4, 0.5) is 5.00 Å². The Labute approximate surface area is 154 Å². The molecule has 0 spiro atoms. The standard InChI is InChI=1S/C20H29NO3S/c1-13-8-10-15-16(12-13)25-19(18(15)20(23)24-2)21-17(22)11-9-14-6-4-3-5-7-14/h13-14H,3-12H2,1-2H3,(H,21,22). The molecule has 1 heterocycles. The molecule has 0 radical (unpaired) electrons. The summed E-state index contributed by atoms with van der Waals surface area (Å²) < 4.78 is 4.98. The lowest BCUT2D eigenvalue weighted by Gasteiger charge is -2.20. The second-order valence-corrected chi connectivity index (χ2v) is 8.74. The maximum absolute atomic E-state index is 12.4. The Hall–Kier alpha value is -1.36. The Morgan fingerprint density at radius 3 is 2.68 bits per heavy atom. The molecule has 0 aliphatic heterocycles. The molecule has 25 heavy (non-hydrogen) atoms. The second-order valence-electron chi connectivity index (χ2n) is 7.64. The van der Waals surface area contributed by atoms with E-state index in [1.807, 2.05) is 0 Å². The highest BCUT2D eigenvalue weighted by molar-refractivity contribution is 7.17. The third-order valence-corrected chi connectivity index (χ3v) is 6.83. The highest BCUT2D eigenvalue weighted by Crippen LogP contribution is 2.40. The number of hydrogen-bond acceptors (Lipinski definition) is 4. The Morgan fingerprint density at radius 1 is 1.20 bits per heavy atom. The van der Waals surface area contributed by atoms with E-state index in [1.165, 1.54) is 44.1 Å². The second kappa shape index (κ2) is 8.35. The van der Waals surface area contributed by atoms with Gasteiger partial charge in [-0.15, -0.1) is 11.3 Å². The van der Waals surface area contributed by atoms with E-state index in [0.717, 1.165) is 31.2 Å². The highest BCUT2D eigenvalue weighted by Gasteiger charge is 2.29. The van der Waals surface area contributed by atoms with Crippen molar-refractivity contribution in [3.05, 3.63) is 16.0 Å². The molecule has 1 unspecified atom stereocenters. The molecule has 1 saturated carbocycles. The predicted octanol–water partition coefficient (Wildman–Crippen LogP) is 4.96. The van der Waals surface area contributed by atoms with Gasteiger partial charge in [-0.2, -0.15) is 0 Å². The minimum atomic E-state index is -0.324. The summed E-state index contributed by atoms with van der Waals surface area (Å²) in [6.45, 7) is 2.24. The highest BCUT2D eigenvalue weighted by atomic mass is 32.1. The molecular weight excluding hydrogens is 334 g/mol. The van der Waals surface area contributed by atoms with E-state index < -0.39 is 0 Å². The summed E-state index contributed by atoms with van der Waals surface area (Å²) >= 11 is 1.57. The number of thiophene rings is 1. The quantitative estimate of drug-likeness (QED) is 0.752. The molecule has 1 aromatic rings. The molecule has 0 saturated heterocycles. The van der Waals surface area contributed by atoms with Crippen molar-refractivity contribution in [2.24, 2.45) is 11.8 Å². The van der Waals surface area contributed by atoms with Gasteiger partial charge in [-0.1, -0.05) is 39.0 Å². The van der Waals surface area contributed by atoms with Gasteiger partial charge in [-0.25, -0.2) is 4.79 Å². The van der Waals surface area contributed by atoms with E-state index in [0.29, 0.717) is 28.8 Å². The first-order chi connectivity index (χ1) is 12.1. The maximum atomic E-state index is 12.4. The SMILES string of the molecule is COC(=O)c1c(NC(=O)CCC2CCCCC2)sc2c1CCC(C)C2. The van der Waals surface area contributed by atoms with Gasteiger partial charge in [0.2, 0.25) is 5.91 Å². The van der Waals surface area contributed by atoms with E-state index in [-0.39, 0.29) is 11.9 Å². The van der Waals surface area contributed by atoms with E-state index >= 15 is 0 Å². The maximum Gasteiger partial charge on any atom is 0.341 e. The fourth-order valence-electron chi connectivity index (χ4n) is 4.16. The molecule has 0 bridgehead atoms. The number of hydrogen-bond donors (Lipinski definition) is 1. The van der Waals surface area contributed by atoms with Crippen molar-refractivity contribution in [1.82, 2.24) is 0 Å². The number of carbonyl (C=O) groups is 2. The topological polar surface area (TPSA) is 55.4 Å². The monoisotopic (exact) mass is 363 g/mol. The Balaban J connectivity index is 1.68. The lowest BCUT2D eigenvalue weighted by molar-refractivity contribution is -0.116. The average molecular weight is 364 g/mol. The van der Waals surface area contributed by atoms with Crippen LogP contribution >= 0.6 is 11.3 Å². The molecule has 1 amide bonds. The van der Waals surface area contributed by atoms with Gasteiger partial charge >= 0.3 is 5.97 Å². The number of nitrogens with one attached hydrogen (secondary N) is 1. The Kier molecular flexibility index (Phi) is 6.15. The lowest BCUT2D eigenvalue weighted by atomic mass is 9.86. The van der Waals surface area contributed by atoms with Crippen LogP contribution < -0.4 is 5.32 Å². The van der Waals surface area contributed by atoms with Crippen LogP contribution in [0.1, 0.15) is 79.1 Å². The van der Waals surface area contributed by atoms with Crippen LogP contribution in [0.25, 0.3) is 0 Å². The van der Waals surface area contributed by atoms with Gasteiger partial charge in [0.1, 0.15) is 5.00 Å². The van der Waals surface area contributed by atoms with Crippen molar-refractivity contribution in [2.75, 3.05) is 12.4 Å². The van der Waals surface area contributed by atoms with Crippen molar-refractivity contribution >= 4 is 28.2 Å². The summed E-state index contributed by atoms with van der Waals surface area (Å²) in [5.74, 6) is 1.03. The summed E-state index contributed by atoms with van der Waals surface area (Å²) in [6.07, 6.45) is 10.9. The van der Waals surface area contributed by atoms with Crippen LogP contribution in [0.2, 0.25) is 0 Å². The third kappa shape index (κ3) is 4.43. The van der Waals surface area contributed by atoms with Crippen molar-refractivity contribution in [3.63, 3.8) is 0 Å². The third-order valence-electron chi connectivity index (χ3n) is 5.66. The minimum absolute atomic E-state index is 0.0300. The van der Waals surface area contributed by atoms with E-state index in [2.05, 4.69) is 12.2 Å². The summed E-state index contributed by atoms with van der Waals surface area (Å²) in [5.41, 5.74) is 1.69. The van der Waals surface area contributed by atoms with Crippen LogP contribution in [0.3, 0.4) is 0 Å². The molecule has 4 nitrogen and oxygen atoms in total. The summed E-state index contributed by atoms with van der Waals surface area (Å²) in [7, 11) is 1.41. The number of esters is 1. The number of fused-ring (bicyclic) bond motifs is 1. The lowest BCUT2D eigenvalue weighted by Crippen LogP contribution is -2.17. The Morgan fingerprint density at radius 2 is 1.96 bits per heavy atom. The molecule has 1 fully saturated rings. The number of anilines is 1. The van der Waals surface area contributed by atoms with Crippen LogP contribution in [0, 0.1) is 11.8 Å². The van der Waals surface area contributed by atoms with Gasteiger partial charge in [-0.05, 0) is 43.1 Å². The Bertz CT molecular complexity index is 631. The molecular formula is C20H29NO3S. The number of amides is 1. The molecule has 0 aromatic carbocycles. The zero-order valence-electron chi connectivity index (χ0n) is 15.4. The van der Waals surface area contributed by atoms with Crippen LogP contribution in [0.15, 0.2) is 0 Å². The molecule has 1 atom stereocenters. The summed E-state index contributed by atoms with van der Waals surface area (Å²) in [4.78, 5) is 25.9. The van der Waals surface area contributed by atoms with E-state index in [1.54, 1.807) is 11.3 Å². The molecule has 1 aromatic heterocycles. The fourth-order valence-corrected chi connectivity index (χ4v) is 5.57. The molecule has 5 heteroatoms. The van der Waals surface area contributed by atoms with Gasteiger partial charge in [0.25, 0.3) is 0 Å². The molecule has 1 N–H and O–H groups in total. The molecule has 138 valence electrons. The van der Waals surface area contributed by atoms with Gasteiger partial charge in [0.15, 0.2) is 0 Å². The summed E-state index contributed by atoms with van der Waals surface area (Å²) in [5, 5.41) is 3.71. The van der Waals surface area contributed by atoms with Crippen molar-refractivity contribution in [2.45, 2.75) is 71.1 Å². The first-order valence-electron chi connectivity index (χ1n) is 9.61. The average Bonchev–Trinajstić information content (AvgIpc) is 2.97. The minimum Gasteiger partial charge on any atom is -0.465 e. The normalized spacial score (nSPS) is 20.8. The summed E-state index contributed by atoms with van der Waals surface area (Å²) in [6, 6.07) is 0. The molecule has 2 aliphatic rings. The number of carbonyl (C=O) groups excluding carboxylic acids is 2. The number of rotatable bonds is 5. The first kappa shape index (κ1) is 18.4. The van der Waals surface area contributed by atoms with E-state index in [4.69, 9.17) is 4.74 Å². The first-order valence-corrected chi connectivity index (χ1v) is 10.4. The van der Waals surface area contributed by atoms with Crippen molar-refractivity contribution in [3.8, 4) is 0 Å². The zero-order valence-corrected chi connectivity index (χ0v) is 16.2. The zero-order chi connectivity index (χ0) is 17.8. The van der Waals surface area contributed by atoms with Crippen molar-refractivity contribution < 1.29 is 14.3 Å². The van der Waals surface area contributed by atoms with Crippen LogP contribution in [-0.2, 0) is 22.4 Å². The largest absolute Gasteiger partial charge is 0.465 e. The van der Waals surface area contributed by atoms with Gasteiger partial charge < -0.3 is 10.1 Å². The predicted molar refractivity (Wildman–Crippen MR) is 101 cm³/mol. The van der Waals surface area contributed by atoms with Crippen molar-refractivity contribution in [1.29, 1.82) is 0 Å². The van der Waals surface area contributed by atoms with Gasteiger partial charge in [0.05, 0.1) is 12.7 Å². The molecule has 3 rings (SSSR count). The van der Waals surface area contributed by atoms with Gasteiger partial charge in [-0.3, -0.25) is 4.79 Å². The van der Waals surface area contributed by atoms with Gasteiger partial charge in [0, 0.05) is 11.3 Å². The number of ether oxygens (including phenoxy) is 1. The molecule has 2 aliphatic carbocycles. The smallest absolute Gasteiger partial charge is 0.341 e. The van der Waals surface area contributed by atoms with Crippen LogP contribution in [0.5, 0.6) is 0 Å². The fraction of sp³-hybridized carbons (Fsp3) is 0.700. The van der Waals surface area contributed by atoms with E-state index in [9.17, 15) is 9.59 Å². The van der Waals surface area contributed by atoms with Crippen LogP contribution in [-0.4, -0.2) is 19.0 Å².